The number of carbonyl (C=O) groups is 2. The standard InChI is InChI=1S/C26H38N4O3/c31-23(28-13-7-21-6-2-5-12-27-21)22-20-25(22)10-14-29(15-11-25)24(32)26(8-3-1-4-9-26)30-16-18-33-19-17-30/h2,5-6,12,22H,1,3-4,7-11,13-20H2,(H,28,31). The Hall–Kier alpha value is -1.99. The monoisotopic (exact) mass is 454 g/mol. The van der Waals surface area contributed by atoms with Crippen LogP contribution in [0, 0.1) is 11.3 Å². The molecule has 0 bridgehead atoms. The summed E-state index contributed by atoms with van der Waals surface area (Å²) in [4.78, 5) is 35.5. The predicted molar refractivity (Wildman–Crippen MR) is 126 cm³/mol. The molecular formula is C26H38N4O3. The van der Waals surface area contributed by atoms with Crippen molar-refractivity contribution in [3.63, 3.8) is 0 Å². The van der Waals surface area contributed by atoms with Crippen LogP contribution in [-0.4, -0.2) is 78.1 Å². The molecule has 1 N–H and O–H groups in total. The summed E-state index contributed by atoms with van der Waals surface area (Å²) >= 11 is 0. The number of ether oxygens (including phenoxy) is 1. The van der Waals surface area contributed by atoms with Crippen LogP contribution in [0.5, 0.6) is 0 Å². The number of rotatable bonds is 6. The summed E-state index contributed by atoms with van der Waals surface area (Å²) in [7, 11) is 0. The molecule has 1 aromatic rings. The first kappa shape index (κ1) is 22.8. The van der Waals surface area contributed by atoms with Crippen LogP contribution in [0.3, 0.4) is 0 Å². The molecule has 7 heteroatoms. The molecule has 5 rings (SSSR count). The third kappa shape index (κ3) is 4.67. The summed E-state index contributed by atoms with van der Waals surface area (Å²) in [6, 6.07) is 5.88. The van der Waals surface area contributed by atoms with Gasteiger partial charge in [0.25, 0.3) is 0 Å². The fourth-order valence-corrected chi connectivity index (χ4v) is 6.50. The molecule has 4 aliphatic rings. The van der Waals surface area contributed by atoms with E-state index < -0.39 is 0 Å². The van der Waals surface area contributed by atoms with Crippen molar-refractivity contribution in [2.24, 2.45) is 11.3 Å². The Morgan fingerprint density at radius 2 is 1.79 bits per heavy atom. The van der Waals surface area contributed by atoms with Crippen molar-refractivity contribution in [2.45, 2.75) is 63.3 Å². The quantitative estimate of drug-likeness (QED) is 0.715. The second-order valence-electron chi connectivity index (χ2n) is 10.5. The van der Waals surface area contributed by atoms with E-state index in [1.165, 1.54) is 6.42 Å². The lowest BCUT2D eigenvalue weighted by atomic mass is 9.78. The molecule has 1 atom stereocenters. The minimum absolute atomic E-state index is 0.112. The first-order valence-corrected chi connectivity index (χ1v) is 12.9. The number of carbonyl (C=O) groups excluding carboxylic acids is 2. The maximum Gasteiger partial charge on any atom is 0.243 e. The van der Waals surface area contributed by atoms with Crippen LogP contribution < -0.4 is 5.32 Å². The molecule has 2 aliphatic heterocycles. The molecule has 1 spiro atoms. The predicted octanol–water partition coefficient (Wildman–Crippen LogP) is 2.40. The number of piperidine rings is 1. The molecule has 1 aromatic heterocycles. The molecule has 0 radical (unpaired) electrons. The average Bonchev–Trinajstić information content (AvgIpc) is 3.58. The highest BCUT2D eigenvalue weighted by Crippen LogP contribution is 2.59. The lowest BCUT2D eigenvalue weighted by Crippen LogP contribution is -2.63. The summed E-state index contributed by atoms with van der Waals surface area (Å²) in [5.74, 6) is 0.639. The van der Waals surface area contributed by atoms with Gasteiger partial charge >= 0.3 is 0 Å². The maximum atomic E-state index is 13.9. The summed E-state index contributed by atoms with van der Waals surface area (Å²) in [5.41, 5.74) is 0.801. The summed E-state index contributed by atoms with van der Waals surface area (Å²) in [6.45, 7) is 5.42. The number of nitrogens with one attached hydrogen (secondary N) is 1. The number of amides is 2. The van der Waals surface area contributed by atoms with Gasteiger partial charge in [-0.3, -0.25) is 19.5 Å². The van der Waals surface area contributed by atoms with E-state index >= 15 is 0 Å². The first-order valence-electron chi connectivity index (χ1n) is 12.9. The van der Waals surface area contributed by atoms with Crippen LogP contribution in [0.4, 0.5) is 0 Å². The highest BCUT2D eigenvalue weighted by atomic mass is 16.5. The van der Waals surface area contributed by atoms with Gasteiger partial charge in [0.15, 0.2) is 0 Å². The molecule has 7 nitrogen and oxygen atoms in total. The van der Waals surface area contributed by atoms with E-state index in [2.05, 4.69) is 20.1 Å². The number of morpholine rings is 1. The smallest absolute Gasteiger partial charge is 0.243 e. The Morgan fingerprint density at radius 3 is 2.48 bits per heavy atom. The van der Waals surface area contributed by atoms with Gasteiger partial charge in [-0.05, 0) is 49.7 Å². The van der Waals surface area contributed by atoms with E-state index in [0.717, 1.165) is 96.5 Å². The largest absolute Gasteiger partial charge is 0.379 e. The Bertz CT molecular complexity index is 825. The SMILES string of the molecule is O=C(NCCc1ccccn1)C1CC12CCN(C(=O)C1(N3CCOCC3)CCCCC1)CC2. The maximum absolute atomic E-state index is 13.9. The number of pyridine rings is 1. The van der Waals surface area contributed by atoms with Gasteiger partial charge in [0.1, 0.15) is 5.54 Å². The van der Waals surface area contributed by atoms with Crippen molar-refractivity contribution in [3.8, 4) is 0 Å². The second kappa shape index (κ2) is 9.71. The molecule has 180 valence electrons. The van der Waals surface area contributed by atoms with E-state index in [4.69, 9.17) is 4.74 Å². The molecule has 3 heterocycles. The molecular weight excluding hydrogens is 416 g/mol. The van der Waals surface area contributed by atoms with Crippen molar-refractivity contribution < 1.29 is 14.3 Å². The molecule has 0 aromatic carbocycles. The van der Waals surface area contributed by atoms with Crippen molar-refractivity contribution in [3.05, 3.63) is 30.1 Å². The van der Waals surface area contributed by atoms with Crippen LogP contribution >= 0.6 is 0 Å². The minimum atomic E-state index is -0.321. The Kier molecular flexibility index (Phi) is 6.70. The number of aromatic nitrogens is 1. The van der Waals surface area contributed by atoms with Crippen molar-refractivity contribution >= 4 is 11.8 Å². The van der Waals surface area contributed by atoms with Crippen molar-refractivity contribution in [1.29, 1.82) is 0 Å². The number of nitrogens with zero attached hydrogens (tertiary/aromatic N) is 3. The van der Waals surface area contributed by atoms with Gasteiger partial charge in [-0.2, -0.15) is 0 Å². The minimum Gasteiger partial charge on any atom is -0.379 e. The number of likely N-dealkylation sites (tertiary alicyclic amines) is 1. The molecule has 2 aliphatic carbocycles. The topological polar surface area (TPSA) is 74.8 Å². The number of hydrogen-bond acceptors (Lipinski definition) is 5. The molecule has 2 saturated carbocycles. The summed E-state index contributed by atoms with van der Waals surface area (Å²) in [6.07, 6.45) is 10.9. The fourth-order valence-electron chi connectivity index (χ4n) is 6.50. The Labute approximate surface area is 197 Å². The highest BCUT2D eigenvalue weighted by molar-refractivity contribution is 5.87. The molecule has 1 unspecified atom stereocenters. The van der Waals surface area contributed by atoms with Gasteiger partial charge in [-0.25, -0.2) is 0 Å². The van der Waals surface area contributed by atoms with Gasteiger partial charge in [0.2, 0.25) is 11.8 Å². The summed E-state index contributed by atoms with van der Waals surface area (Å²) < 4.78 is 5.58. The summed E-state index contributed by atoms with van der Waals surface area (Å²) in [5, 5.41) is 3.12. The average molecular weight is 455 g/mol. The van der Waals surface area contributed by atoms with Crippen molar-refractivity contribution in [1.82, 2.24) is 20.1 Å². The number of hydrogen-bond donors (Lipinski definition) is 1. The van der Waals surface area contributed by atoms with Crippen LogP contribution in [0.25, 0.3) is 0 Å². The molecule has 2 amide bonds. The fraction of sp³-hybridized carbons (Fsp3) is 0.731. The normalized spacial score (nSPS) is 26.7. The van der Waals surface area contributed by atoms with Gasteiger partial charge in [0, 0.05) is 57.0 Å². The van der Waals surface area contributed by atoms with Crippen LogP contribution in [0.15, 0.2) is 24.4 Å². The third-order valence-electron chi connectivity index (χ3n) is 8.65. The zero-order valence-electron chi connectivity index (χ0n) is 19.8. The third-order valence-corrected chi connectivity index (χ3v) is 8.65. The first-order chi connectivity index (χ1) is 16.1. The Balaban J connectivity index is 1.13. The van der Waals surface area contributed by atoms with Gasteiger partial charge in [-0.1, -0.05) is 25.3 Å². The zero-order chi connectivity index (χ0) is 22.7. The van der Waals surface area contributed by atoms with Gasteiger partial charge in [-0.15, -0.1) is 0 Å². The highest BCUT2D eigenvalue weighted by Gasteiger charge is 2.59. The van der Waals surface area contributed by atoms with Crippen LogP contribution in [-0.2, 0) is 20.7 Å². The molecule has 33 heavy (non-hydrogen) atoms. The zero-order valence-corrected chi connectivity index (χ0v) is 19.8. The lowest BCUT2D eigenvalue weighted by molar-refractivity contribution is -0.153. The van der Waals surface area contributed by atoms with Gasteiger partial charge < -0.3 is 15.0 Å². The Morgan fingerprint density at radius 1 is 1.03 bits per heavy atom. The van der Waals surface area contributed by atoms with E-state index in [9.17, 15) is 9.59 Å². The molecule has 4 fully saturated rings. The lowest BCUT2D eigenvalue weighted by Gasteiger charge is -2.49. The molecule has 2 saturated heterocycles. The van der Waals surface area contributed by atoms with Crippen LogP contribution in [0.1, 0.15) is 57.1 Å². The van der Waals surface area contributed by atoms with E-state index in [0.29, 0.717) is 12.5 Å². The van der Waals surface area contributed by atoms with Gasteiger partial charge in [0.05, 0.1) is 13.2 Å². The van der Waals surface area contributed by atoms with E-state index in [1.54, 1.807) is 6.20 Å². The van der Waals surface area contributed by atoms with E-state index in [-0.39, 0.29) is 22.8 Å². The van der Waals surface area contributed by atoms with Crippen LogP contribution in [0.2, 0.25) is 0 Å². The van der Waals surface area contributed by atoms with Crippen molar-refractivity contribution in [2.75, 3.05) is 45.9 Å². The van der Waals surface area contributed by atoms with E-state index in [1.807, 2.05) is 18.2 Å². The second-order valence-corrected chi connectivity index (χ2v) is 10.5.